The molecule has 0 saturated carbocycles. The van der Waals surface area contributed by atoms with Crippen LogP contribution >= 0.6 is 12.2 Å². The molecule has 0 saturated heterocycles. The number of ether oxygens (including phenoxy) is 2. The molecule has 0 fully saturated rings. The van der Waals surface area contributed by atoms with Crippen LogP contribution in [0.5, 0.6) is 5.75 Å². The number of nitrogens with zero attached hydrogens (tertiary/aromatic N) is 1. The number of hydrogen-bond acceptors (Lipinski definition) is 4. The Kier molecular flexibility index (Phi) is 4.39. The molecule has 0 bridgehead atoms. The van der Waals surface area contributed by atoms with E-state index in [-0.39, 0.29) is 16.5 Å². The Morgan fingerprint density at radius 2 is 2.06 bits per heavy atom. The molecule has 17 heavy (non-hydrogen) atoms. The lowest BCUT2D eigenvalue weighted by molar-refractivity contribution is 0.0598. The number of rotatable bonds is 2. The standard InChI is InChI=1S/C11H12FNO3S/c1-13(2)11(17)16-9-6-7(12)4-5-8(9)10(14)15-3/h4-6H,1-3H3. The summed E-state index contributed by atoms with van der Waals surface area (Å²) in [6.07, 6.45) is 0. The average Bonchev–Trinajstić information content (AvgIpc) is 2.28. The number of hydrogen-bond donors (Lipinski definition) is 0. The smallest absolute Gasteiger partial charge is 0.341 e. The van der Waals surface area contributed by atoms with Gasteiger partial charge in [0.25, 0.3) is 5.17 Å². The van der Waals surface area contributed by atoms with Gasteiger partial charge in [-0.15, -0.1) is 0 Å². The first-order chi connectivity index (χ1) is 7.95. The van der Waals surface area contributed by atoms with E-state index in [9.17, 15) is 9.18 Å². The first-order valence-electron chi connectivity index (χ1n) is 4.72. The van der Waals surface area contributed by atoms with Crippen molar-refractivity contribution in [2.45, 2.75) is 0 Å². The first-order valence-corrected chi connectivity index (χ1v) is 5.13. The lowest BCUT2D eigenvalue weighted by Crippen LogP contribution is -2.25. The predicted molar refractivity (Wildman–Crippen MR) is 64.7 cm³/mol. The van der Waals surface area contributed by atoms with E-state index in [0.717, 1.165) is 12.1 Å². The third kappa shape index (κ3) is 3.39. The summed E-state index contributed by atoms with van der Waals surface area (Å²) >= 11 is 4.91. The Labute approximate surface area is 104 Å². The summed E-state index contributed by atoms with van der Waals surface area (Å²) < 4.78 is 22.9. The highest BCUT2D eigenvalue weighted by atomic mass is 32.1. The normalized spacial score (nSPS) is 9.65. The van der Waals surface area contributed by atoms with Crippen LogP contribution < -0.4 is 4.74 Å². The minimum atomic E-state index is -0.610. The maximum Gasteiger partial charge on any atom is 0.341 e. The summed E-state index contributed by atoms with van der Waals surface area (Å²) in [6, 6.07) is 3.52. The number of carbonyl (C=O) groups excluding carboxylic acids is 1. The van der Waals surface area contributed by atoms with Crippen LogP contribution in [0, 0.1) is 5.82 Å². The van der Waals surface area contributed by atoms with Gasteiger partial charge >= 0.3 is 5.97 Å². The topological polar surface area (TPSA) is 38.8 Å². The van der Waals surface area contributed by atoms with Gasteiger partial charge in [-0.1, -0.05) is 0 Å². The Hall–Kier alpha value is -1.69. The highest BCUT2D eigenvalue weighted by Crippen LogP contribution is 2.21. The molecule has 6 heteroatoms. The van der Waals surface area contributed by atoms with Crippen molar-refractivity contribution in [2.24, 2.45) is 0 Å². The molecule has 0 radical (unpaired) electrons. The van der Waals surface area contributed by atoms with E-state index in [1.165, 1.54) is 18.1 Å². The van der Waals surface area contributed by atoms with Gasteiger partial charge in [0.15, 0.2) is 0 Å². The van der Waals surface area contributed by atoms with Crippen LogP contribution in [-0.2, 0) is 4.74 Å². The van der Waals surface area contributed by atoms with Gasteiger partial charge in [0.1, 0.15) is 17.1 Å². The second-order valence-electron chi connectivity index (χ2n) is 3.39. The number of halogens is 1. The molecule has 0 aliphatic rings. The fourth-order valence-electron chi connectivity index (χ4n) is 1.04. The highest BCUT2D eigenvalue weighted by Gasteiger charge is 2.16. The van der Waals surface area contributed by atoms with Crippen molar-refractivity contribution in [1.29, 1.82) is 0 Å². The molecular formula is C11H12FNO3S. The molecule has 4 nitrogen and oxygen atoms in total. The van der Waals surface area contributed by atoms with Gasteiger partial charge in [-0.2, -0.15) is 0 Å². The number of esters is 1. The van der Waals surface area contributed by atoms with Gasteiger partial charge in [-0.05, 0) is 24.4 Å². The van der Waals surface area contributed by atoms with Crippen LogP contribution in [0.15, 0.2) is 18.2 Å². The van der Waals surface area contributed by atoms with Crippen molar-refractivity contribution < 1.29 is 18.7 Å². The molecule has 0 spiro atoms. The fourth-order valence-corrected chi connectivity index (χ4v) is 1.13. The van der Waals surface area contributed by atoms with Gasteiger partial charge in [0.2, 0.25) is 0 Å². The summed E-state index contributed by atoms with van der Waals surface area (Å²) in [6.45, 7) is 0. The number of methoxy groups -OCH3 is 1. The SMILES string of the molecule is COC(=O)c1ccc(F)cc1OC(=S)N(C)C. The van der Waals surface area contributed by atoms with E-state index in [4.69, 9.17) is 17.0 Å². The van der Waals surface area contributed by atoms with Crippen LogP contribution in [-0.4, -0.2) is 37.2 Å². The molecule has 1 aromatic rings. The third-order valence-corrected chi connectivity index (χ3v) is 2.36. The first kappa shape index (κ1) is 13.4. The van der Waals surface area contributed by atoms with Gasteiger partial charge < -0.3 is 14.4 Å². The van der Waals surface area contributed by atoms with Gasteiger partial charge in [-0.3, -0.25) is 0 Å². The van der Waals surface area contributed by atoms with Gasteiger partial charge in [-0.25, -0.2) is 9.18 Å². The molecule has 92 valence electrons. The van der Waals surface area contributed by atoms with Crippen molar-refractivity contribution in [3.8, 4) is 5.75 Å². The zero-order valence-electron chi connectivity index (χ0n) is 9.69. The van der Waals surface area contributed by atoms with E-state index < -0.39 is 11.8 Å². The molecule has 1 aromatic carbocycles. The quantitative estimate of drug-likeness (QED) is 0.597. The van der Waals surface area contributed by atoms with E-state index in [2.05, 4.69) is 4.74 Å². The van der Waals surface area contributed by atoms with Crippen molar-refractivity contribution in [3.63, 3.8) is 0 Å². The molecule has 0 aromatic heterocycles. The van der Waals surface area contributed by atoms with Crippen LogP contribution in [0.1, 0.15) is 10.4 Å². The highest BCUT2D eigenvalue weighted by molar-refractivity contribution is 7.80. The van der Waals surface area contributed by atoms with Crippen molar-refractivity contribution in [1.82, 2.24) is 4.90 Å². The molecule has 0 amide bonds. The van der Waals surface area contributed by atoms with Crippen molar-refractivity contribution in [2.75, 3.05) is 21.2 Å². The van der Waals surface area contributed by atoms with Crippen LogP contribution in [0.2, 0.25) is 0 Å². The van der Waals surface area contributed by atoms with Crippen LogP contribution in [0.4, 0.5) is 4.39 Å². The minimum absolute atomic E-state index is 0.0375. The number of benzene rings is 1. The number of thiocarbonyl (C=S) groups is 1. The van der Waals surface area contributed by atoms with Crippen LogP contribution in [0.25, 0.3) is 0 Å². The number of carbonyl (C=O) groups is 1. The Morgan fingerprint density at radius 3 is 2.59 bits per heavy atom. The molecule has 0 aliphatic heterocycles. The predicted octanol–water partition coefficient (Wildman–Crippen LogP) is 1.84. The van der Waals surface area contributed by atoms with E-state index in [1.54, 1.807) is 14.1 Å². The van der Waals surface area contributed by atoms with E-state index in [0.29, 0.717) is 0 Å². The van der Waals surface area contributed by atoms with E-state index in [1.807, 2.05) is 0 Å². The second-order valence-corrected chi connectivity index (χ2v) is 3.74. The third-order valence-electron chi connectivity index (χ3n) is 1.91. The van der Waals surface area contributed by atoms with Crippen molar-refractivity contribution in [3.05, 3.63) is 29.6 Å². The van der Waals surface area contributed by atoms with E-state index >= 15 is 0 Å². The molecule has 1 rings (SSSR count). The largest absolute Gasteiger partial charge is 0.465 e. The van der Waals surface area contributed by atoms with Crippen LogP contribution in [0.3, 0.4) is 0 Å². The van der Waals surface area contributed by atoms with Crippen molar-refractivity contribution >= 4 is 23.4 Å². The summed E-state index contributed by atoms with van der Waals surface area (Å²) in [4.78, 5) is 12.9. The average molecular weight is 257 g/mol. The molecule has 0 atom stereocenters. The molecule has 0 heterocycles. The monoisotopic (exact) mass is 257 g/mol. The summed E-state index contributed by atoms with van der Waals surface area (Å²) in [5.74, 6) is -1.09. The molecule has 0 aliphatic carbocycles. The lowest BCUT2D eigenvalue weighted by atomic mass is 10.2. The second kappa shape index (κ2) is 5.58. The maximum absolute atomic E-state index is 13.1. The summed E-state index contributed by atoms with van der Waals surface area (Å²) in [5.41, 5.74) is 0.123. The summed E-state index contributed by atoms with van der Waals surface area (Å²) in [5, 5.41) is 0.126. The minimum Gasteiger partial charge on any atom is -0.465 e. The zero-order chi connectivity index (χ0) is 13.0. The summed E-state index contributed by atoms with van der Waals surface area (Å²) in [7, 11) is 4.60. The Bertz CT molecular complexity index is 448. The lowest BCUT2D eigenvalue weighted by Gasteiger charge is -2.15. The molecule has 0 N–H and O–H groups in total. The fraction of sp³-hybridized carbons (Fsp3) is 0.273. The maximum atomic E-state index is 13.1. The van der Waals surface area contributed by atoms with Gasteiger partial charge in [0, 0.05) is 20.2 Å². The Balaban J connectivity index is 3.07. The zero-order valence-corrected chi connectivity index (χ0v) is 10.5. The van der Waals surface area contributed by atoms with Gasteiger partial charge in [0.05, 0.1) is 7.11 Å². The Morgan fingerprint density at radius 1 is 1.41 bits per heavy atom. The molecular weight excluding hydrogens is 245 g/mol. The molecule has 0 unspecified atom stereocenters.